The van der Waals surface area contributed by atoms with E-state index in [1.807, 2.05) is 10.6 Å². The molecule has 24 heavy (non-hydrogen) atoms. The fourth-order valence-corrected chi connectivity index (χ4v) is 1.28. The Morgan fingerprint density at radius 3 is 2.04 bits per heavy atom. The monoisotopic (exact) mass is 352 g/mol. The van der Waals surface area contributed by atoms with Crippen LogP contribution in [0, 0.1) is 0 Å². The van der Waals surface area contributed by atoms with Gasteiger partial charge in [-0.15, -0.1) is 0 Å². The first-order valence-corrected chi connectivity index (χ1v) is 6.09. The van der Waals surface area contributed by atoms with E-state index in [0.29, 0.717) is 0 Å². The number of aliphatic hydroxyl groups is 4. The Bertz CT molecular complexity index is 512. The molecule has 0 aromatic rings. The average molecular weight is 352 g/mol. The Morgan fingerprint density at radius 2 is 1.71 bits per heavy atom. The minimum absolute atomic E-state index is 0.0809. The van der Waals surface area contributed by atoms with Crippen LogP contribution in [0.25, 0.3) is 0 Å². The summed E-state index contributed by atoms with van der Waals surface area (Å²) in [5.41, 5.74) is 4.70. The van der Waals surface area contributed by atoms with Crippen LogP contribution in [0.15, 0.2) is 0 Å². The SMILES string of the molecule is NC(=O)NC1NC(=O)NC1=O.O=C[C@H](O)[C@@H](O)[C@H](O)[C@H](O)C(=O)O. The first-order chi connectivity index (χ1) is 11.0. The Labute approximate surface area is 133 Å². The third-order valence-electron chi connectivity index (χ3n) is 2.48. The van der Waals surface area contributed by atoms with Gasteiger partial charge in [-0.25, -0.2) is 14.4 Å². The summed E-state index contributed by atoms with van der Waals surface area (Å²) in [5, 5.41) is 49.2. The molecule has 10 N–H and O–H groups in total. The molecule has 0 aliphatic carbocycles. The molecule has 1 unspecified atom stereocenters. The number of amides is 5. The highest BCUT2D eigenvalue weighted by Crippen LogP contribution is 2.03. The second-order valence-electron chi connectivity index (χ2n) is 4.30. The third-order valence-corrected chi connectivity index (χ3v) is 2.48. The molecular weight excluding hydrogens is 336 g/mol. The standard InChI is InChI=1S/C6H10O7.C4H6N4O3/c7-1-2(8)3(9)4(10)5(11)6(12)13;5-3(10)6-1-2(9)8-4(11)7-1/h1-5,8-11H,(H,12,13);1H,(H3,5,6,10)(H2,7,8,9,11)/t2-,3+,4-,5-;/m0./s1. The number of carboxylic acid groups (broad SMARTS) is 1. The van der Waals surface area contributed by atoms with Gasteiger partial charge in [0.2, 0.25) is 0 Å². The van der Waals surface area contributed by atoms with Gasteiger partial charge < -0.3 is 46.7 Å². The summed E-state index contributed by atoms with van der Waals surface area (Å²) in [6.45, 7) is 0. The summed E-state index contributed by atoms with van der Waals surface area (Å²) >= 11 is 0. The fourth-order valence-electron chi connectivity index (χ4n) is 1.28. The lowest BCUT2D eigenvalue weighted by Gasteiger charge is -2.21. The van der Waals surface area contributed by atoms with Crippen LogP contribution in [0.3, 0.4) is 0 Å². The van der Waals surface area contributed by atoms with Crippen LogP contribution in [0.2, 0.25) is 0 Å². The maximum absolute atomic E-state index is 10.7. The number of aliphatic carboxylic acids is 1. The van der Waals surface area contributed by atoms with Gasteiger partial charge in [0.15, 0.2) is 18.6 Å². The van der Waals surface area contributed by atoms with Crippen LogP contribution < -0.4 is 21.7 Å². The van der Waals surface area contributed by atoms with Crippen molar-refractivity contribution in [3.63, 3.8) is 0 Å². The van der Waals surface area contributed by atoms with Gasteiger partial charge in [-0.3, -0.25) is 10.1 Å². The number of imide groups is 1. The molecule has 0 radical (unpaired) electrons. The van der Waals surface area contributed by atoms with Crippen molar-refractivity contribution in [1.82, 2.24) is 16.0 Å². The summed E-state index contributed by atoms with van der Waals surface area (Å²) in [6, 6.07) is -1.51. The van der Waals surface area contributed by atoms with Crippen molar-refractivity contribution in [1.29, 1.82) is 0 Å². The van der Waals surface area contributed by atoms with Crippen molar-refractivity contribution in [3.05, 3.63) is 0 Å². The number of carbonyl (C=O) groups is 5. The molecule has 1 aliphatic heterocycles. The van der Waals surface area contributed by atoms with Crippen molar-refractivity contribution < 1.29 is 49.5 Å². The van der Waals surface area contributed by atoms with Gasteiger partial charge in [0.1, 0.15) is 18.3 Å². The molecule has 5 amide bonds. The number of nitrogens with one attached hydrogen (secondary N) is 3. The van der Waals surface area contributed by atoms with Crippen LogP contribution in [0.1, 0.15) is 0 Å². The van der Waals surface area contributed by atoms with E-state index in [0.717, 1.165) is 0 Å². The highest BCUT2D eigenvalue weighted by molar-refractivity contribution is 6.05. The zero-order valence-electron chi connectivity index (χ0n) is 11.8. The van der Waals surface area contributed by atoms with E-state index < -0.39 is 54.5 Å². The Hall–Kier alpha value is -2.81. The number of hydrogen-bond donors (Lipinski definition) is 9. The minimum atomic E-state index is -2.25. The number of urea groups is 2. The van der Waals surface area contributed by atoms with E-state index in [9.17, 15) is 24.0 Å². The number of hydrogen-bond acceptors (Lipinski definition) is 9. The van der Waals surface area contributed by atoms with E-state index in [1.165, 1.54) is 0 Å². The highest BCUT2D eigenvalue weighted by Gasteiger charge is 2.34. The van der Waals surface area contributed by atoms with Crippen LogP contribution in [0.5, 0.6) is 0 Å². The van der Waals surface area contributed by atoms with Gasteiger partial charge >= 0.3 is 18.0 Å². The highest BCUT2D eigenvalue weighted by atomic mass is 16.4. The molecule has 14 nitrogen and oxygen atoms in total. The van der Waals surface area contributed by atoms with E-state index >= 15 is 0 Å². The minimum Gasteiger partial charge on any atom is -0.479 e. The van der Waals surface area contributed by atoms with Gasteiger partial charge in [-0.2, -0.15) is 0 Å². The number of nitrogens with two attached hydrogens (primary N) is 1. The number of rotatable bonds is 6. The molecule has 0 spiro atoms. The summed E-state index contributed by atoms with van der Waals surface area (Å²) in [7, 11) is 0. The summed E-state index contributed by atoms with van der Waals surface area (Å²) in [5.74, 6) is -2.38. The lowest BCUT2D eigenvalue weighted by molar-refractivity contribution is -0.163. The van der Waals surface area contributed by atoms with Crippen molar-refractivity contribution in [3.8, 4) is 0 Å². The van der Waals surface area contributed by atoms with Crippen molar-refractivity contribution >= 4 is 30.2 Å². The molecule has 136 valence electrons. The number of aldehydes is 1. The Kier molecular flexibility index (Phi) is 8.26. The maximum atomic E-state index is 10.7. The molecular formula is C10H16N4O10. The summed E-state index contributed by atoms with van der Waals surface area (Å²) < 4.78 is 0. The van der Waals surface area contributed by atoms with E-state index in [1.54, 1.807) is 0 Å². The Balaban J connectivity index is 0.000000446. The maximum Gasteiger partial charge on any atom is 0.335 e. The third kappa shape index (κ3) is 6.53. The molecule has 1 fully saturated rings. The lowest BCUT2D eigenvalue weighted by Crippen LogP contribution is -2.48. The quantitative estimate of drug-likeness (QED) is 0.162. The van der Waals surface area contributed by atoms with Gasteiger partial charge in [-0.1, -0.05) is 0 Å². The topological polar surface area (TPSA) is 249 Å². The lowest BCUT2D eigenvalue weighted by atomic mass is 10.0. The van der Waals surface area contributed by atoms with Crippen molar-refractivity contribution in [2.24, 2.45) is 5.73 Å². The second-order valence-corrected chi connectivity index (χ2v) is 4.30. The second kappa shape index (κ2) is 9.36. The van der Waals surface area contributed by atoms with Gasteiger partial charge in [-0.05, 0) is 0 Å². The average Bonchev–Trinajstić information content (AvgIpc) is 2.81. The smallest absolute Gasteiger partial charge is 0.335 e. The molecule has 1 heterocycles. The fraction of sp³-hybridized carbons (Fsp3) is 0.500. The Morgan fingerprint density at radius 1 is 1.17 bits per heavy atom. The summed E-state index contributed by atoms with van der Waals surface area (Å²) in [6.07, 6.45) is -9.43. The summed E-state index contributed by atoms with van der Waals surface area (Å²) in [4.78, 5) is 51.2. The van der Waals surface area contributed by atoms with Crippen LogP contribution in [-0.2, 0) is 14.4 Å². The number of primary amides is 1. The van der Waals surface area contributed by atoms with Gasteiger partial charge in [0.25, 0.3) is 5.91 Å². The molecule has 14 heteroatoms. The predicted molar refractivity (Wildman–Crippen MR) is 70.9 cm³/mol. The van der Waals surface area contributed by atoms with E-state index in [2.05, 4.69) is 5.32 Å². The molecule has 0 saturated carbocycles. The predicted octanol–water partition coefficient (Wildman–Crippen LogP) is -5.47. The van der Waals surface area contributed by atoms with E-state index in [4.69, 9.17) is 31.3 Å². The first-order valence-electron chi connectivity index (χ1n) is 6.09. The zero-order chi connectivity index (χ0) is 19.0. The molecule has 5 atom stereocenters. The van der Waals surface area contributed by atoms with E-state index in [-0.39, 0.29) is 6.29 Å². The molecule has 0 bridgehead atoms. The molecule has 1 saturated heterocycles. The number of aliphatic hydroxyl groups excluding tert-OH is 4. The first kappa shape index (κ1) is 21.2. The van der Waals surface area contributed by atoms with Gasteiger partial charge in [0, 0.05) is 0 Å². The van der Waals surface area contributed by atoms with Crippen LogP contribution in [-0.4, -0.2) is 86.3 Å². The van der Waals surface area contributed by atoms with Gasteiger partial charge in [0.05, 0.1) is 0 Å². The van der Waals surface area contributed by atoms with Crippen molar-refractivity contribution in [2.75, 3.05) is 0 Å². The largest absolute Gasteiger partial charge is 0.479 e. The van der Waals surface area contributed by atoms with Crippen LogP contribution >= 0.6 is 0 Å². The number of carbonyl (C=O) groups excluding carboxylic acids is 4. The molecule has 0 aromatic carbocycles. The molecule has 1 aliphatic rings. The van der Waals surface area contributed by atoms with Crippen LogP contribution in [0.4, 0.5) is 9.59 Å². The van der Waals surface area contributed by atoms with Crippen molar-refractivity contribution in [2.45, 2.75) is 30.6 Å². The number of carboxylic acids is 1. The molecule has 0 aromatic heterocycles. The normalized spacial score (nSPS) is 21.1. The molecule has 1 rings (SSSR count). The zero-order valence-corrected chi connectivity index (χ0v) is 11.8.